The van der Waals surface area contributed by atoms with Crippen molar-refractivity contribution in [2.45, 2.75) is 19.4 Å². The second-order valence-corrected chi connectivity index (χ2v) is 12.3. The lowest BCUT2D eigenvalue weighted by Gasteiger charge is -2.17. The van der Waals surface area contributed by atoms with Gasteiger partial charge < -0.3 is 18.8 Å². The molecule has 0 spiro atoms. The maximum atomic E-state index is 13.0. The van der Waals surface area contributed by atoms with Crippen LogP contribution in [0.2, 0.25) is 0 Å². The summed E-state index contributed by atoms with van der Waals surface area (Å²) in [5, 5.41) is 10.2. The van der Waals surface area contributed by atoms with Crippen LogP contribution in [-0.4, -0.2) is 32.7 Å². The van der Waals surface area contributed by atoms with Crippen LogP contribution in [0, 0.1) is 0 Å². The van der Waals surface area contributed by atoms with Gasteiger partial charge in [-0.25, -0.2) is 14.5 Å². The van der Waals surface area contributed by atoms with Gasteiger partial charge in [0.05, 0.1) is 37.3 Å². The van der Waals surface area contributed by atoms with Crippen LogP contribution in [0.15, 0.2) is 133 Å². The first kappa shape index (κ1) is 32.5. The number of aromatic hydroxyl groups is 1. The third kappa shape index (κ3) is 7.93. The molecule has 3 aromatic heterocycles. The van der Waals surface area contributed by atoms with E-state index < -0.39 is 7.82 Å². The fourth-order valence-corrected chi connectivity index (χ4v) is 6.13. The number of furan rings is 1. The Labute approximate surface area is 278 Å². The van der Waals surface area contributed by atoms with Crippen molar-refractivity contribution in [1.82, 2.24) is 14.4 Å². The first-order chi connectivity index (χ1) is 23.4. The van der Waals surface area contributed by atoms with Gasteiger partial charge in [0.25, 0.3) is 0 Å². The standard InChI is InChI=1S/C37H34N3O7P/c1-3-19-45-48(42,46-20-4-2)47-31-17-15-28(16-18-31)26-44-37-34(24-32-14-9-21-43-32)39-36-33(22-27-10-6-5-7-11-27)38-35(25-40(36)37)29-12-8-13-30(41)23-29/h3-18,21,23,25,41H,1-2,19-20,22,24,26H2. The van der Waals surface area contributed by atoms with Gasteiger partial charge in [-0.1, -0.05) is 66.7 Å². The fraction of sp³-hybridized carbons (Fsp3) is 0.135. The SMILES string of the molecule is C=CCOP(=O)(OCC=C)Oc1ccc(COc2c(Cc3ccco3)nc3c(Cc4ccccc4)nc(-c4cccc(O)c4)cn23)cc1. The Morgan fingerprint density at radius 3 is 2.29 bits per heavy atom. The van der Waals surface area contributed by atoms with Gasteiger partial charge in [0.2, 0.25) is 5.88 Å². The van der Waals surface area contributed by atoms with E-state index in [1.807, 2.05) is 59.1 Å². The number of hydrogen-bond acceptors (Lipinski definition) is 9. The Hall–Kier alpha value is -5.41. The molecule has 0 aliphatic carbocycles. The van der Waals surface area contributed by atoms with E-state index in [1.165, 1.54) is 12.2 Å². The van der Waals surface area contributed by atoms with E-state index in [9.17, 15) is 9.67 Å². The third-order valence-electron chi connectivity index (χ3n) is 7.19. The monoisotopic (exact) mass is 663 g/mol. The molecule has 0 radical (unpaired) electrons. The highest BCUT2D eigenvalue weighted by molar-refractivity contribution is 7.48. The number of benzene rings is 3. The van der Waals surface area contributed by atoms with Crippen molar-refractivity contribution in [3.63, 3.8) is 0 Å². The molecule has 11 heteroatoms. The molecule has 0 unspecified atom stereocenters. The van der Waals surface area contributed by atoms with Crippen LogP contribution in [-0.2, 0) is 33.1 Å². The summed E-state index contributed by atoms with van der Waals surface area (Å²) in [4.78, 5) is 10.0. The zero-order valence-electron chi connectivity index (χ0n) is 26.1. The summed E-state index contributed by atoms with van der Waals surface area (Å²) in [6.07, 6.45) is 7.34. The Kier molecular flexibility index (Phi) is 10.2. The van der Waals surface area contributed by atoms with E-state index in [0.717, 1.165) is 28.1 Å². The van der Waals surface area contributed by atoms with Gasteiger partial charge in [0, 0.05) is 18.2 Å². The summed E-state index contributed by atoms with van der Waals surface area (Å²) in [6, 6.07) is 27.7. The Balaban J connectivity index is 1.34. The number of ether oxygens (including phenoxy) is 1. The molecule has 0 atom stereocenters. The maximum Gasteiger partial charge on any atom is 0.530 e. The number of nitrogens with zero attached hydrogens (tertiary/aromatic N) is 3. The minimum atomic E-state index is -3.89. The first-order valence-corrected chi connectivity index (χ1v) is 16.7. The molecule has 0 fully saturated rings. The summed E-state index contributed by atoms with van der Waals surface area (Å²) in [5.74, 6) is 1.70. The average molecular weight is 664 g/mol. The summed E-state index contributed by atoms with van der Waals surface area (Å²) >= 11 is 0. The van der Waals surface area contributed by atoms with E-state index in [0.29, 0.717) is 41.5 Å². The van der Waals surface area contributed by atoms with Crippen LogP contribution < -0.4 is 9.26 Å². The molecular formula is C37H34N3O7P. The van der Waals surface area contributed by atoms with Gasteiger partial charge in [-0.3, -0.25) is 13.4 Å². The maximum absolute atomic E-state index is 13.0. The molecular weight excluding hydrogens is 629 g/mol. The zero-order valence-corrected chi connectivity index (χ0v) is 27.0. The molecule has 0 saturated heterocycles. The van der Waals surface area contributed by atoms with Crippen molar-refractivity contribution in [1.29, 1.82) is 0 Å². The Bertz CT molecular complexity index is 2030. The van der Waals surface area contributed by atoms with Gasteiger partial charge in [-0.2, -0.15) is 0 Å². The van der Waals surface area contributed by atoms with Crippen LogP contribution in [0.25, 0.3) is 16.9 Å². The summed E-state index contributed by atoms with van der Waals surface area (Å²) in [7, 11) is -3.89. The molecule has 3 heterocycles. The molecule has 3 aromatic carbocycles. The topological polar surface area (TPSA) is 118 Å². The average Bonchev–Trinajstić information content (AvgIpc) is 3.74. The highest BCUT2D eigenvalue weighted by atomic mass is 31.2. The first-order valence-electron chi connectivity index (χ1n) is 15.2. The second-order valence-electron chi connectivity index (χ2n) is 10.7. The number of hydrogen-bond donors (Lipinski definition) is 1. The molecule has 10 nitrogen and oxygen atoms in total. The number of phenols is 1. The molecule has 0 aliphatic rings. The van der Waals surface area contributed by atoms with Crippen LogP contribution in [0.1, 0.15) is 28.3 Å². The lowest BCUT2D eigenvalue weighted by Crippen LogP contribution is -2.04. The van der Waals surface area contributed by atoms with E-state index >= 15 is 0 Å². The van der Waals surface area contributed by atoms with Crippen LogP contribution in [0.3, 0.4) is 0 Å². The molecule has 0 aliphatic heterocycles. The van der Waals surface area contributed by atoms with E-state index in [2.05, 4.69) is 13.2 Å². The van der Waals surface area contributed by atoms with Crippen LogP contribution in [0.5, 0.6) is 17.4 Å². The van der Waals surface area contributed by atoms with Gasteiger partial charge in [0.1, 0.15) is 29.6 Å². The predicted octanol–water partition coefficient (Wildman–Crippen LogP) is 8.35. The number of rotatable bonds is 16. The van der Waals surface area contributed by atoms with Gasteiger partial charge in [-0.05, 0) is 47.5 Å². The third-order valence-corrected chi connectivity index (χ3v) is 8.56. The van der Waals surface area contributed by atoms with Crippen molar-refractivity contribution in [2.24, 2.45) is 0 Å². The number of aromatic nitrogens is 3. The normalized spacial score (nSPS) is 11.4. The van der Waals surface area contributed by atoms with Gasteiger partial charge in [0.15, 0.2) is 5.65 Å². The molecule has 244 valence electrons. The number of fused-ring (bicyclic) bond motifs is 1. The number of phosphoric acid groups is 1. The van der Waals surface area contributed by atoms with Gasteiger partial charge in [-0.15, -0.1) is 13.2 Å². The highest BCUT2D eigenvalue weighted by Crippen LogP contribution is 2.49. The number of imidazole rings is 1. The predicted molar refractivity (Wildman–Crippen MR) is 182 cm³/mol. The lowest BCUT2D eigenvalue weighted by molar-refractivity contribution is 0.180. The molecule has 0 bridgehead atoms. The number of phosphoric ester groups is 1. The summed E-state index contributed by atoms with van der Waals surface area (Å²) < 4.78 is 43.3. The minimum Gasteiger partial charge on any atom is -0.508 e. The van der Waals surface area contributed by atoms with Crippen molar-refractivity contribution in [3.8, 4) is 28.6 Å². The lowest BCUT2D eigenvalue weighted by atomic mass is 10.1. The quantitative estimate of drug-likeness (QED) is 0.0805. The van der Waals surface area contributed by atoms with E-state index in [-0.39, 0.29) is 25.6 Å². The molecule has 1 N–H and O–H groups in total. The van der Waals surface area contributed by atoms with E-state index in [1.54, 1.807) is 48.7 Å². The van der Waals surface area contributed by atoms with Crippen molar-refractivity contribution in [2.75, 3.05) is 13.2 Å². The summed E-state index contributed by atoms with van der Waals surface area (Å²) in [5.41, 5.74) is 5.38. The van der Waals surface area contributed by atoms with Crippen LogP contribution in [0.4, 0.5) is 0 Å². The molecule has 6 rings (SSSR count). The second kappa shape index (κ2) is 15.0. The molecule has 0 amide bonds. The summed E-state index contributed by atoms with van der Waals surface area (Å²) in [6.45, 7) is 7.34. The van der Waals surface area contributed by atoms with E-state index in [4.69, 9.17) is 32.7 Å². The Morgan fingerprint density at radius 2 is 1.60 bits per heavy atom. The Morgan fingerprint density at radius 1 is 0.833 bits per heavy atom. The molecule has 6 aromatic rings. The molecule has 48 heavy (non-hydrogen) atoms. The number of phenolic OH excluding ortho intramolecular Hbond substituents is 1. The van der Waals surface area contributed by atoms with Crippen molar-refractivity contribution in [3.05, 3.63) is 157 Å². The smallest absolute Gasteiger partial charge is 0.508 e. The largest absolute Gasteiger partial charge is 0.530 e. The van der Waals surface area contributed by atoms with Crippen molar-refractivity contribution < 1.29 is 32.4 Å². The highest BCUT2D eigenvalue weighted by Gasteiger charge is 2.28. The van der Waals surface area contributed by atoms with Gasteiger partial charge >= 0.3 is 7.82 Å². The molecule has 0 saturated carbocycles. The minimum absolute atomic E-state index is 0.00425. The van der Waals surface area contributed by atoms with Crippen molar-refractivity contribution >= 4 is 13.5 Å². The van der Waals surface area contributed by atoms with Crippen LogP contribution >= 0.6 is 7.82 Å². The fourth-order valence-electron chi connectivity index (χ4n) is 5.00. The zero-order chi connectivity index (χ0) is 33.3.